The third kappa shape index (κ3) is 3.81. The van der Waals surface area contributed by atoms with Gasteiger partial charge in [-0.3, -0.25) is 0 Å². The van der Waals surface area contributed by atoms with Crippen LogP contribution in [0, 0.1) is 11.6 Å². The number of hydrogen-bond donors (Lipinski definition) is 1. The predicted octanol–water partition coefficient (Wildman–Crippen LogP) is 2.80. The summed E-state index contributed by atoms with van der Waals surface area (Å²) in [7, 11) is 0.270. The first kappa shape index (κ1) is 20.7. The molecule has 3 rings (SSSR count). The summed E-state index contributed by atoms with van der Waals surface area (Å²) in [6.07, 6.45) is 2.48. The summed E-state index contributed by atoms with van der Waals surface area (Å²) >= 11 is 0. The smallest absolute Gasteiger partial charge is 0.269 e. The Bertz CT molecular complexity index is 1130. The first-order valence-electron chi connectivity index (χ1n) is 8.47. The molecule has 0 saturated carbocycles. The molecular weight excluding hydrogens is 404 g/mol. The van der Waals surface area contributed by atoms with Crippen LogP contribution in [0.15, 0.2) is 47.6 Å². The van der Waals surface area contributed by atoms with Gasteiger partial charge in [0.15, 0.2) is 0 Å². The van der Waals surface area contributed by atoms with E-state index in [2.05, 4.69) is 10.3 Å². The van der Waals surface area contributed by atoms with Crippen LogP contribution in [0.5, 0.6) is 11.6 Å². The number of aromatic nitrogens is 2. The van der Waals surface area contributed by atoms with Gasteiger partial charge < -0.3 is 14.8 Å². The van der Waals surface area contributed by atoms with Crippen molar-refractivity contribution in [3.63, 3.8) is 0 Å². The normalized spacial score (nSPS) is 11.5. The van der Waals surface area contributed by atoms with Crippen molar-refractivity contribution in [3.05, 3.63) is 59.9 Å². The van der Waals surface area contributed by atoms with Crippen molar-refractivity contribution < 1.29 is 26.7 Å². The summed E-state index contributed by atoms with van der Waals surface area (Å²) in [5.74, 6) is -1.28. The molecule has 0 aliphatic rings. The minimum atomic E-state index is -4.17. The van der Waals surface area contributed by atoms with Crippen LogP contribution in [0.25, 0.3) is 11.3 Å². The number of halogens is 2. The summed E-state index contributed by atoms with van der Waals surface area (Å²) in [6, 6.07) is 5.64. The largest absolute Gasteiger partial charge is 0.494 e. The lowest BCUT2D eigenvalue weighted by molar-refractivity contribution is 0.397. The van der Waals surface area contributed by atoms with Crippen LogP contribution in [-0.2, 0) is 16.6 Å². The van der Waals surface area contributed by atoms with Gasteiger partial charge in [-0.15, -0.1) is 0 Å². The Kier molecular flexibility index (Phi) is 5.85. The molecule has 0 aliphatic carbocycles. The lowest BCUT2D eigenvalue weighted by Gasteiger charge is -2.13. The van der Waals surface area contributed by atoms with Gasteiger partial charge in [-0.2, -0.15) is 0 Å². The highest BCUT2D eigenvalue weighted by molar-refractivity contribution is 7.90. The van der Waals surface area contributed by atoms with E-state index in [-0.39, 0.29) is 34.3 Å². The Labute approximate surface area is 167 Å². The molecule has 0 atom stereocenters. The molecule has 0 fully saturated rings. The van der Waals surface area contributed by atoms with Crippen LogP contribution < -0.4 is 14.8 Å². The van der Waals surface area contributed by atoms with Gasteiger partial charge in [0.25, 0.3) is 10.0 Å². The third-order valence-corrected chi connectivity index (χ3v) is 5.88. The number of pyridine rings is 1. The predicted molar refractivity (Wildman–Crippen MR) is 102 cm³/mol. The second kappa shape index (κ2) is 8.18. The van der Waals surface area contributed by atoms with Crippen LogP contribution in [-0.4, -0.2) is 38.6 Å². The number of nitrogens with zero attached hydrogens (tertiary/aromatic N) is 2. The SMILES string of the molecule is CNCc1cn(S(=O)(=O)c2ccc(OC)nc2)c(-c2ccc(F)cc2F)c1OC. The molecule has 0 spiro atoms. The molecule has 0 bridgehead atoms. The van der Waals surface area contributed by atoms with E-state index >= 15 is 0 Å². The van der Waals surface area contributed by atoms with E-state index in [1.54, 1.807) is 7.05 Å². The minimum absolute atomic E-state index is 0.0499. The number of benzene rings is 1. The monoisotopic (exact) mass is 423 g/mol. The molecule has 1 N–H and O–H groups in total. The number of ether oxygens (including phenoxy) is 2. The topological polar surface area (TPSA) is 82.5 Å². The average molecular weight is 423 g/mol. The fourth-order valence-corrected chi connectivity index (χ4v) is 4.27. The van der Waals surface area contributed by atoms with Crippen molar-refractivity contribution in [3.8, 4) is 22.9 Å². The highest BCUT2D eigenvalue weighted by Crippen LogP contribution is 2.39. The van der Waals surface area contributed by atoms with Crippen LogP contribution in [0.2, 0.25) is 0 Å². The summed E-state index contributed by atoms with van der Waals surface area (Å²) < 4.78 is 65.9. The average Bonchev–Trinajstić information content (AvgIpc) is 3.07. The maximum atomic E-state index is 14.6. The Morgan fingerprint density at radius 3 is 2.45 bits per heavy atom. The molecule has 0 amide bonds. The molecule has 154 valence electrons. The van der Waals surface area contributed by atoms with E-state index < -0.39 is 21.7 Å². The Hall–Kier alpha value is -2.98. The highest BCUT2D eigenvalue weighted by atomic mass is 32.2. The Morgan fingerprint density at radius 1 is 1.14 bits per heavy atom. The van der Waals surface area contributed by atoms with Gasteiger partial charge in [0.1, 0.15) is 28.0 Å². The van der Waals surface area contributed by atoms with Gasteiger partial charge in [0.2, 0.25) is 5.88 Å². The fraction of sp³-hybridized carbons (Fsp3) is 0.211. The van der Waals surface area contributed by atoms with Gasteiger partial charge in [-0.05, 0) is 25.2 Å². The van der Waals surface area contributed by atoms with E-state index in [1.807, 2.05) is 0 Å². The third-order valence-electron chi connectivity index (χ3n) is 4.23. The standard InChI is InChI=1S/C19H19F2N3O4S/c1-22-9-12-11-24(29(25,26)14-5-7-17(27-2)23-10-14)18(19(12)28-3)15-6-4-13(20)8-16(15)21/h4-8,10-11,22H,9H2,1-3H3. The number of hydrogen-bond acceptors (Lipinski definition) is 6. The minimum Gasteiger partial charge on any atom is -0.494 e. The Morgan fingerprint density at radius 2 is 1.90 bits per heavy atom. The zero-order valence-electron chi connectivity index (χ0n) is 15.9. The van der Waals surface area contributed by atoms with Gasteiger partial charge in [-0.25, -0.2) is 26.2 Å². The van der Waals surface area contributed by atoms with Crippen molar-refractivity contribution in [1.29, 1.82) is 0 Å². The summed E-state index contributed by atoms with van der Waals surface area (Å²) in [5.41, 5.74) is 0.320. The molecule has 0 saturated heterocycles. The number of nitrogens with one attached hydrogen (secondary N) is 1. The van der Waals surface area contributed by atoms with Gasteiger partial charge in [-0.1, -0.05) is 0 Å². The van der Waals surface area contributed by atoms with Crippen molar-refractivity contribution in [2.45, 2.75) is 11.4 Å². The van der Waals surface area contributed by atoms with Crippen molar-refractivity contribution in [1.82, 2.24) is 14.3 Å². The fourth-order valence-electron chi connectivity index (χ4n) is 2.93. The summed E-state index contributed by atoms with van der Waals surface area (Å²) in [4.78, 5) is 3.80. The molecule has 0 unspecified atom stereocenters. The van der Waals surface area contributed by atoms with E-state index in [4.69, 9.17) is 9.47 Å². The first-order chi connectivity index (χ1) is 13.8. The molecule has 10 heteroatoms. The van der Waals surface area contributed by atoms with E-state index in [0.29, 0.717) is 11.6 Å². The quantitative estimate of drug-likeness (QED) is 0.629. The highest BCUT2D eigenvalue weighted by Gasteiger charge is 2.28. The Balaban J connectivity index is 2.29. The second-order valence-corrected chi connectivity index (χ2v) is 7.84. The molecule has 0 aliphatic heterocycles. The number of rotatable bonds is 7. The van der Waals surface area contributed by atoms with Crippen LogP contribution in [0.4, 0.5) is 8.78 Å². The lowest BCUT2D eigenvalue weighted by Crippen LogP contribution is -2.14. The van der Waals surface area contributed by atoms with Crippen LogP contribution in [0.1, 0.15) is 5.56 Å². The lowest BCUT2D eigenvalue weighted by atomic mass is 10.1. The summed E-state index contributed by atoms with van der Waals surface area (Å²) in [6.45, 7) is 0.266. The molecule has 3 aromatic rings. The zero-order valence-corrected chi connectivity index (χ0v) is 16.8. The molecule has 2 aromatic heterocycles. The van der Waals surface area contributed by atoms with E-state index in [1.165, 1.54) is 38.6 Å². The molecule has 1 aromatic carbocycles. The van der Waals surface area contributed by atoms with Gasteiger partial charge >= 0.3 is 0 Å². The number of methoxy groups -OCH3 is 2. The maximum absolute atomic E-state index is 14.6. The van der Waals surface area contributed by atoms with E-state index in [0.717, 1.165) is 16.2 Å². The van der Waals surface area contributed by atoms with Crippen LogP contribution in [0.3, 0.4) is 0 Å². The molecule has 2 heterocycles. The van der Waals surface area contributed by atoms with E-state index in [9.17, 15) is 17.2 Å². The van der Waals surface area contributed by atoms with Crippen molar-refractivity contribution in [2.75, 3.05) is 21.3 Å². The van der Waals surface area contributed by atoms with Crippen LogP contribution >= 0.6 is 0 Å². The van der Waals surface area contributed by atoms with Crippen molar-refractivity contribution >= 4 is 10.0 Å². The molecular formula is C19H19F2N3O4S. The first-order valence-corrected chi connectivity index (χ1v) is 9.91. The van der Waals surface area contributed by atoms with Crippen molar-refractivity contribution in [2.24, 2.45) is 0 Å². The molecule has 0 radical (unpaired) electrons. The molecule has 7 nitrogen and oxygen atoms in total. The zero-order chi connectivity index (χ0) is 21.2. The van der Waals surface area contributed by atoms with Gasteiger partial charge in [0.05, 0.1) is 20.4 Å². The summed E-state index contributed by atoms with van der Waals surface area (Å²) in [5, 5.41) is 2.91. The second-order valence-electron chi connectivity index (χ2n) is 6.03. The van der Waals surface area contributed by atoms with Gasteiger partial charge in [0, 0.05) is 36.0 Å². The maximum Gasteiger partial charge on any atom is 0.269 e. The molecule has 29 heavy (non-hydrogen) atoms.